The molecule has 1 saturated heterocycles. The van der Waals surface area contributed by atoms with E-state index in [9.17, 15) is 4.79 Å². The van der Waals surface area contributed by atoms with Crippen LogP contribution < -0.4 is 5.32 Å². The van der Waals surface area contributed by atoms with Crippen molar-refractivity contribution in [3.63, 3.8) is 0 Å². The van der Waals surface area contributed by atoms with Gasteiger partial charge in [0.05, 0.1) is 12.0 Å². The Morgan fingerprint density at radius 2 is 2.20 bits per heavy atom. The van der Waals surface area contributed by atoms with Crippen molar-refractivity contribution in [3.8, 4) is 0 Å². The van der Waals surface area contributed by atoms with E-state index in [1.807, 2.05) is 0 Å². The number of rotatable bonds is 5. The fraction of sp³-hybridized carbons (Fsp3) is 0.688. The molecule has 0 atom stereocenters. The molecule has 1 aliphatic heterocycles. The van der Waals surface area contributed by atoms with Crippen LogP contribution >= 0.6 is 11.3 Å². The first-order valence-electron chi connectivity index (χ1n) is 7.79. The first kappa shape index (κ1) is 14.1. The summed E-state index contributed by atoms with van der Waals surface area (Å²) < 4.78 is 0. The third-order valence-electron chi connectivity index (χ3n) is 4.85. The highest BCUT2D eigenvalue weighted by Crippen LogP contribution is 2.39. The van der Waals surface area contributed by atoms with Crippen LogP contribution in [0.15, 0.2) is 17.5 Å². The third kappa shape index (κ3) is 2.77. The van der Waals surface area contributed by atoms with Gasteiger partial charge in [0.1, 0.15) is 0 Å². The Morgan fingerprint density at radius 3 is 2.75 bits per heavy atom. The maximum absolute atomic E-state index is 13.2. The van der Waals surface area contributed by atoms with Crippen molar-refractivity contribution in [2.24, 2.45) is 5.41 Å². The Kier molecular flexibility index (Phi) is 4.13. The van der Waals surface area contributed by atoms with Crippen molar-refractivity contribution in [3.05, 3.63) is 22.4 Å². The number of amides is 1. The maximum Gasteiger partial charge on any atom is 0.229 e. The number of thiophene rings is 1. The molecule has 0 spiro atoms. The van der Waals surface area contributed by atoms with Gasteiger partial charge in [-0.05, 0) is 56.6 Å². The second-order valence-electron chi connectivity index (χ2n) is 6.13. The van der Waals surface area contributed by atoms with E-state index in [-0.39, 0.29) is 5.41 Å². The second-order valence-corrected chi connectivity index (χ2v) is 7.16. The van der Waals surface area contributed by atoms with Gasteiger partial charge >= 0.3 is 0 Å². The van der Waals surface area contributed by atoms with E-state index in [1.165, 1.54) is 17.7 Å². The van der Waals surface area contributed by atoms with Crippen LogP contribution in [0.4, 0.5) is 0 Å². The Labute approximate surface area is 125 Å². The number of carbonyl (C=O) groups is 1. The Bertz CT molecular complexity index is 447. The summed E-state index contributed by atoms with van der Waals surface area (Å²) in [5, 5.41) is 5.49. The van der Waals surface area contributed by atoms with Crippen LogP contribution in [0.1, 0.15) is 43.9 Å². The van der Waals surface area contributed by atoms with Gasteiger partial charge in [0.2, 0.25) is 5.91 Å². The zero-order valence-corrected chi connectivity index (χ0v) is 13.0. The lowest BCUT2D eigenvalue weighted by atomic mass is 9.75. The van der Waals surface area contributed by atoms with Crippen LogP contribution in [0, 0.1) is 5.41 Å². The highest BCUT2D eigenvalue weighted by Gasteiger charge is 2.44. The van der Waals surface area contributed by atoms with Gasteiger partial charge in [-0.1, -0.05) is 13.0 Å². The van der Waals surface area contributed by atoms with Crippen LogP contribution in [0.25, 0.3) is 0 Å². The maximum atomic E-state index is 13.2. The summed E-state index contributed by atoms with van der Waals surface area (Å²) in [7, 11) is 0. The Morgan fingerprint density at radius 1 is 1.45 bits per heavy atom. The number of nitrogens with zero attached hydrogens (tertiary/aromatic N) is 1. The van der Waals surface area contributed by atoms with Crippen molar-refractivity contribution in [1.82, 2.24) is 10.2 Å². The number of piperidine rings is 1. The molecule has 3 nitrogen and oxygen atoms in total. The second kappa shape index (κ2) is 5.86. The van der Waals surface area contributed by atoms with Crippen LogP contribution in [-0.4, -0.2) is 29.9 Å². The molecule has 0 unspecified atom stereocenters. The predicted octanol–water partition coefficient (Wildman–Crippen LogP) is 3.02. The summed E-state index contributed by atoms with van der Waals surface area (Å²) in [6.45, 7) is 4.96. The summed E-state index contributed by atoms with van der Waals surface area (Å²) >= 11 is 1.76. The van der Waals surface area contributed by atoms with Crippen molar-refractivity contribution in [2.75, 3.05) is 13.1 Å². The molecule has 0 bridgehead atoms. The zero-order chi connectivity index (χ0) is 14.0. The van der Waals surface area contributed by atoms with Crippen molar-refractivity contribution in [2.45, 2.75) is 51.6 Å². The standard InChI is InChI=1S/C16H24N2OS/c1-2-16(7-9-17-10-8-16)15(19)18(13-5-6-13)12-14-4-3-11-20-14/h3-4,11,13,17H,2,5-10,12H2,1H3. The van der Waals surface area contributed by atoms with Gasteiger partial charge in [0.15, 0.2) is 0 Å². The molecular formula is C16H24N2OS. The minimum Gasteiger partial charge on any atom is -0.334 e. The highest BCUT2D eigenvalue weighted by molar-refractivity contribution is 7.09. The lowest BCUT2D eigenvalue weighted by molar-refractivity contribution is -0.145. The molecule has 2 fully saturated rings. The van der Waals surface area contributed by atoms with Crippen molar-refractivity contribution >= 4 is 17.2 Å². The fourth-order valence-electron chi connectivity index (χ4n) is 3.25. The largest absolute Gasteiger partial charge is 0.334 e. The van der Waals surface area contributed by atoms with Gasteiger partial charge < -0.3 is 10.2 Å². The SMILES string of the molecule is CCC1(C(=O)N(Cc2cccs2)C2CC2)CCNCC1. The molecule has 0 radical (unpaired) electrons. The zero-order valence-electron chi connectivity index (χ0n) is 12.2. The first-order valence-corrected chi connectivity index (χ1v) is 8.67. The Balaban J connectivity index is 1.77. The van der Waals surface area contributed by atoms with E-state index >= 15 is 0 Å². The molecule has 4 heteroatoms. The molecule has 1 N–H and O–H groups in total. The van der Waals surface area contributed by atoms with Gasteiger partial charge in [0, 0.05) is 10.9 Å². The molecule has 0 aromatic carbocycles. The van der Waals surface area contributed by atoms with E-state index in [4.69, 9.17) is 0 Å². The minimum absolute atomic E-state index is 0.106. The first-order chi connectivity index (χ1) is 9.75. The van der Waals surface area contributed by atoms with Gasteiger partial charge in [-0.3, -0.25) is 4.79 Å². The number of nitrogens with one attached hydrogen (secondary N) is 1. The average Bonchev–Trinajstić information content (AvgIpc) is 3.21. The third-order valence-corrected chi connectivity index (χ3v) is 5.71. The lowest BCUT2D eigenvalue weighted by Crippen LogP contribution is -2.49. The molecule has 1 saturated carbocycles. The minimum atomic E-state index is -0.106. The highest BCUT2D eigenvalue weighted by atomic mass is 32.1. The summed E-state index contributed by atoms with van der Waals surface area (Å²) in [5.41, 5.74) is -0.106. The van der Waals surface area contributed by atoms with Crippen molar-refractivity contribution < 1.29 is 4.79 Å². The molecular weight excluding hydrogens is 268 g/mol. The summed E-state index contributed by atoms with van der Waals surface area (Å²) in [6.07, 6.45) is 5.34. The summed E-state index contributed by atoms with van der Waals surface area (Å²) in [5.74, 6) is 0.414. The van der Waals surface area contributed by atoms with E-state index in [1.54, 1.807) is 11.3 Å². The molecule has 20 heavy (non-hydrogen) atoms. The monoisotopic (exact) mass is 292 g/mol. The van der Waals surface area contributed by atoms with Gasteiger partial charge in [-0.15, -0.1) is 11.3 Å². The number of hydrogen-bond donors (Lipinski definition) is 1. The number of hydrogen-bond acceptors (Lipinski definition) is 3. The molecule has 2 aliphatic rings. The molecule has 2 heterocycles. The fourth-order valence-corrected chi connectivity index (χ4v) is 3.95. The van der Waals surface area contributed by atoms with E-state index < -0.39 is 0 Å². The smallest absolute Gasteiger partial charge is 0.229 e. The average molecular weight is 292 g/mol. The van der Waals surface area contributed by atoms with Crippen LogP contribution in [0.3, 0.4) is 0 Å². The number of carbonyl (C=O) groups excluding carboxylic acids is 1. The van der Waals surface area contributed by atoms with Crippen LogP contribution in [0.5, 0.6) is 0 Å². The molecule has 1 aromatic heterocycles. The Hall–Kier alpha value is -0.870. The molecule has 110 valence electrons. The van der Waals surface area contributed by atoms with E-state index in [0.717, 1.165) is 38.9 Å². The van der Waals surface area contributed by atoms with Gasteiger partial charge in [0.25, 0.3) is 0 Å². The van der Waals surface area contributed by atoms with Crippen molar-refractivity contribution in [1.29, 1.82) is 0 Å². The molecule has 3 rings (SSSR count). The normalized spacial score (nSPS) is 21.6. The predicted molar refractivity (Wildman–Crippen MR) is 82.7 cm³/mol. The van der Waals surface area contributed by atoms with Gasteiger partial charge in [-0.2, -0.15) is 0 Å². The quantitative estimate of drug-likeness (QED) is 0.905. The summed E-state index contributed by atoms with van der Waals surface area (Å²) in [6, 6.07) is 4.73. The van der Waals surface area contributed by atoms with Gasteiger partial charge in [-0.25, -0.2) is 0 Å². The molecule has 1 aromatic rings. The lowest BCUT2D eigenvalue weighted by Gasteiger charge is -2.39. The van der Waals surface area contributed by atoms with E-state index in [2.05, 4.69) is 34.7 Å². The molecule has 1 amide bonds. The summed E-state index contributed by atoms with van der Waals surface area (Å²) in [4.78, 5) is 16.7. The van der Waals surface area contributed by atoms with Crippen LogP contribution in [0.2, 0.25) is 0 Å². The topological polar surface area (TPSA) is 32.3 Å². The van der Waals surface area contributed by atoms with E-state index in [0.29, 0.717) is 11.9 Å². The molecule has 1 aliphatic carbocycles. The van der Waals surface area contributed by atoms with Crippen LogP contribution in [-0.2, 0) is 11.3 Å².